The van der Waals surface area contributed by atoms with Crippen LogP contribution in [-0.4, -0.2) is 59.1 Å². The van der Waals surface area contributed by atoms with E-state index in [4.69, 9.17) is 19.6 Å². The summed E-state index contributed by atoms with van der Waals surface area (Å²) in [5.41, 5.74) is 27.7. The zero-order chi connectivity index (χ0) is 94.9. The Hall–Kier alpha value is -15.0. The van der Waals surface area contributed by atoms with Crippen molar-refractivity contribution in [3.05, 3.63) is 445 Å². The van der Waals surface area contributed by atoms with Crippen LogP contribution in [0.3, 0.4) is 0 Å². The largest absolute Gasteiger partial charge is 0.661 e. The number of pyridine rings is 2. The van der Waals surface area contributed by atoms with Crippen molar-refractivity contribution in [1.82, 2.24) is 29.3 Å². The first-order valence-electron chi connectivity index (χ1n) is 46.5. The number of benzene rings is 15. The van der Waals surface area contributed by atoms with Crippen LogP contribution in [0.5, 0.6) is 0 Å². The summed E-state index contributed by atoms with van der Waals surface area (Å²) in [5.74, 6) is 0.945. The Balaban J connectivity index is 0.000000119. The molecule has 1 unspecified atom stereocenters. The van der Waals surface area contributed by atoms with Gasteiger partial charge in [-0.2, -0.15) is 10.3 Å². The van der Waals surface area contributed by atoms with Crippen LogP contribution >= 0.6 is 0 Å². The number of likely N-dealkylation sites (N-methyl/N-ethyl adjacent to an activating group) is 1. The third kappa shape index (κ3) is 21.1. The molecule has 139 heavy (non-hydrogen) atoms. The third-order valence-electron chi connectivity index (χ3n) is 24.9. The molecule has 0 fully saturated rings. The van der Waals surface area contributed by atoms with E-state index < -0.39 is 11.6 Å². The van der Waals surface area contributed by atoms with Gasteiger partial charge in [0.05, 0.1) is 28.2 Å². The first-order valence-corrected chi connectivity index (χ1v) is 46.5. The van der Waals surface area contributed by atoms with Gasteiger partial charge in [-0.1, -0.05) is 301 Å². The van der Waals surface area contributed by atoms with Crippen LogP contribution < -0.4 is 14.1 Å². The van der Waals surface area contributed by atoms with Crippen molar-refractivity contribution < 1.29 is 72.6 Å². The zero-order valence-electron chi connectivity index (χ0n) is 79.3. The van der Waals surface area contributed by atoms with Gasteiger partial charge in [0.2, 0.25) is 5.52 Å². The standard InChI is InChI=1S/C27H18N.C22H25N2.C18H16N3.C17H14N2O.C17H17N2.C15H8F2N.C5H8O2.2Ir/c1-4-10-20(11-5-1)23-16-17-26-25(18-23)24(21-12-6-2-7-13-21)19-27(28-26)22-14-8-3-9-15-22;1-15(2)18-10-7-11-19(16(3)4)21(18)24-13-12-23-14-17-8-5-6-9-20(17)22(23)24;1-11(2)21-19-17-15-8-4-3-7-13(15)14-9-5-6-12-10-20(21)18(17)16(12)14;1-18-8-9-19-15(18)10-11-6-7-13-12-4-2-3-5-14(12)20-17(13)16(11)19;1-14(18-16-9-5-3-6-10-16)13-15(2)19-17-11-7-4-8-12-17;16-11-5-6-13(14(17)9-11)15-12-4-2-1-3-10(12)7-8-18-15;1-4(6)3-5(2)7;;/h1-14,16-19H;5-13,15-16H,14H2,1-4H3;3-9,11H,10H2,1-2H3;2-9,15H,10H2,1H3;3-13H,1-2H3;1-5,7-9H;3,6H,1-2H3;;/q-1;2*+1;;2*-1;;;. The second-order valence-corrected chi connectivity index (χ2v) is 35.6. The van der Waals surface area contributed by atoms with E-state index >= 15 is 0 Å². The number of imidazole rings is 1. The number of ketones is 1. The summed E-state index contributed by atoms with van der Waals surface area (Å²) >= 11 is 0. The molecule has 0 spiro atoms. The molecular formula is C121H106F2Ir2N11O3-. The Morgan fingerprint density at radius 2 is 1.21 bits per heavy atom. The van der Waals surface area contributed by atoms with Gasteiger partial charge in [0.15, 0.2) is 11.4 Å². The van der Waals surface area contributed by atoms with Crippen molar-refractivity contribution in [1.29, 1.82) is 0 Å². The second-order valence-electron chi connectivity index (χ2n) is 35.6. The monoisotopic (exact) mass is 2180 g/mol. The summed E-state index contributed by atoms with van der Waals surface area (Å²) in [6.45, 7) is 22.2. The van der Waals surface area contributed by atoms with Crippen LogP contribution in [0.1, 0.15) is 115 Å². The topological polar surface area (TPSA) is 140 Å². The first kappa shape index (κ1) is 97.1. The molecule has 9 heterocycles. The molecule has 4 aliphatic heterocycles. The number of fused-ring (bicyclic) bond motifs is 15. The predicted octanol–water partition coefficient (Wildman–Crippen LogP) is 29.7. The number of anilines is 1. The molecule has 696 valence electrons. The quantitative estimate of drug-likeness (QED) is 0.0301. The molecule has 5 aromatic heterocycles. The third-order valence-corrected chi connectivity index (χ3v) is 24.9. The predicted molar refractivity (Wildman–Crippen MR) is 556 cm³/mol. The smallest absolute Gasteiger partial charge is 0.294 e. The maximum atomic E-state index is 13.8. The van der Waals surface area contributed by atoms with Crippen molar-refractivity contribution in [3.63, 3.8) is 0 Å². The molecule has 2 radical (unpaired) electrons. The Kier molecular flexibility index (Phi) is 30.4. The van der Waals surface area contributed by atoms with Gasteiger partial charge in [-0.3, -0.25) is 23.6 Å². The molecule has 18 heteroatoms. The van der Waals surface area contributed by atoms with E-state index in [-0.39, 0.29) is 57.3 Å². The molecule has 24 rings (SSSR count). The molecule has 0 amide bonds. The van der Waals surface area contributed by atoms with Gasteiger partial charge in [0.1, 0.15) is 49.0 Å². The fraction of sp³-hybridized carbons (Fsp3) is 0.149. The Labute approximate surface area is 837 Å². The summed E-state index contributed by atoms with van der Waals surface area (Å²) in [5, 5.41) is 28.5. The summed E-state index contributed by atoms with van der Waals surface area (Å²) in [4.78, 5) is 30.4. The van der Waals surface area contributed by atoms with E-state index in [9.17, 15) is 13.6 Å². The number of rotatable bonds is 13. The number of hydrogen-bond acceptors (Lipinski definition) is 9. The summed E-state index contributed by atoms with van der Waals surface area (Å²) in [6, 6.07) is 119. The minimum absolute atomic E-state index is 0. The summed E-state index contributed by atoms with van der Waals surface area (Å²) in [7, 11) is 2.13. The summed E-state index contributed by atoms with van der Waals surface area (Å²) in [6.07, 6.45) is 15.0. The van der Waals surface area contributed by atoms with E-state index in [2.05, 4.69) is 317 Å². The minimum atomic E-state index is -0.654. The van der Waals surface area contributed by atoms with Gasteiger partial charge in [-0.05, 0) is 161 Å². The molecule has 15 aromatic carbocycles. The fourth-order valence-corrected chi connectivity index (χ4v) is 18.7. The number of halogens is 2. The van der Waals surface area contributed by atoms with Gasteiger partial charge in [-0.15, -0.1) is 58.4 Å². The number of aliphatic imine (C=N–C) groups is 1. The number of furan rings is 1. The van der Waals surface area contributed by atoms with Crippen molar-refractivity contribution in [2.24, 2.45) is 4.99 Å². The molecule has 1 atom stereocenters. The van der Waals surface area contributed by atoms with E-state index in [0.717, 1.165) is 104 Å². The van der Waals surface area contributed by atoms with Crippen LogP contribution in [0.25, 0.3) is 143 Å². The number of aromatic nitrogens is 7. The molecule has 20 aromatic rings. The maximum absolute atomic E-state index is 13.8. The number of carbonyl (C=O) groups excluding carboxylic acids is 1. The second kappa shape index (κ2) is 43.5. The van der Waals surface area contributed by atoms with Crippen LogP contribution in [0.15, 0.2) is 398 Å². The Morgan fingerprint density at radius 3 is 1.90 bits per heavy atom. The first-order chi connectivity index (χ1) is 66.7. The van der Waals surface area contributed by atoms with Gasteiger partial charge < -0.3 is 29.6 Å². The van der Waals surface area contributed by atoms with Gasteiger partial charge >= 0.3 is 0 Å². The zero-order valence-corrected chi connectivity index (χ0v) is 84.1. The van der Waals surface area contributed by atoms with Crippen LogP contribution in [0, 0.1) is 23.8 Å². The molecule has 0 saturated heterocycles. The van der Waals surface area contributed by atoms with Crippen LogP contribution in [0.4, 0.5) is 25.8 Å². The van der Waals surface area contributed by atoms with Crippen molar-refractivity contribution in [2.75, 3.05) is 11.9 Å². The van der Waals surface area contributed by atoms with E-state index in [1.807, 2.05) is 153 Å². The number of aliphatic hydroxyl groups is 1. The molecule has 0 saturated carbocycles. The van der Waals surface area contributed by atoms with Crippen molar-refractivity contribution >= 4 is 105 Å². The number of hydrogen-bond donors (Lipinski definition) is 1. The molecule has 4 aliphatic rings. The maximum Gasteiger partial charge on any atom is 0.294 e. The Morgan fingerprint density at radius 1 is 0.568 bits per heavy atom. The number of aliphatic hydroxyl groups excluding tert-OH is 1. The molecule has 0 bridgehead atoms. The number of carbonyl (C=O) groups is 1. The fourth-order valence-electron chi connectivity index (χ4n) is 18.7. The van der Waals surface area contributed by atoms with Crippen LogP contribution in [0.2, 0.25) is 0 Å². The number of nitrogens with zero attached hydrogens (tertiary/aromatic N) is 11. The molecular weight excluding hydrogens is 2080 g/mol. The Bertz CT molecular complexity index is 7940. The van der Waals surface area contributed by atoms with Crippen LogP contribution in [-0.2, 0) is 64.5 Å². The molecule has 14 nitrogen and oxygen atoms in total. The average molecular weight is 2180 g/mol. The van der Waals surface area contributed by atoms with E-state index in [1.165, 1.54) is 131 Å². The van der Waals surface area contributed by atoms with E-state index in [0.29, 0.717) is 29.7 Å². The molecule has 1 N–H and O–H groups in total. The number of para-hydroxylation sites is 4. The normalized spacial score (nSPS) is 13.0. The van der Waals surface area contributed by atoms with Gasteiger partial charge in [-0.25, -0.2) is 4.57 Å². The SMILES string of the molecule is CC(=CC(C)=Nc1ccccc1)[N-]c1ccccc1.CC(=O)C=C(C)O.CC(C)c1cccc(C(C)C)c1-n1cc[n+]2c1-c1ccccc1C2.CC(C)n1nc2c3ccccc3c3cccc4c3c2[n+]1C4.CN1C=CN2c3c(ccc4c3oc3ccccc34)CC12.Fc1c[c-]c(-c2nccc3ccccc23)c(F)c1.[Ir].[Ir].[c-]1ccccc1-c1cc(-c2ccccc2)c2cc(-c3ccccc3)ccc2n1. The summed E-state index contributed by atoms with van der Waals surface area (Å²) < 4.78 is 39.9. The van der Waals surface area contributed by atoms with Crippen molar-refractivity contribution in [3.8, 4) is 61.8 Å². The van der Waals surface area contributed by atoms with Crippen molar-refractivity contribution in [2.45, 2.75) is 113 Å². The average Bonchev–Trinajstić information content (AvgIpc) is 1.54. The molecule has 0 aliphatic carbocycles. The minimum Gasteiger partial charge on any atom is -0.661 e. The van der Waals surface area contributed by atoms with E-state index in [1.54, 1.807) is 6.20 Å². The van der Waals surface area contributed by atoms with Gasteiger partial charge in [0.25, 0.3) is 11.3 Å². The van der Waals surface area contributed by atoms with Gasteiger partial charge in [0, 0.05) is 150 Å². The number of allylic oxidation sites excluding steroid dienone is 4.